The van der Waals surface area contributed by atoms with Crippen LogP contribution < -0.4 is 10.6 Å². The quantitative estimate of drug-likeness (QED) is 0.386. The molecule has 1 atom stereocenters. The predicted octanol–water partition coefficient (Wildman–Crippen LogP) is 0.820. The molecular formula is C20H35N3O6. The number of carbonyl (C=O) groups is 5. The molecule has 9 nitrogen and oxygen atoms in total. The van der Waals surface area contributed by atoms with Crippen LogP contribution >= 0.6 is 0 Å². The van der Waals surface area contributed by atoms with Crippen LogP contribution in [0.1, 0.15) is 53.9 Å². The molecule has 0 aliphatic rings. The highest BCUT2D eigenvalue weighted by atomic mass is 16.4. The molecule has 0 fully saturated rings. The van der Waals surface area contributed by atoms with E-state index in [9.17, 15) is 24.0 Å². The first-order chi connectivity index (χ1) is 13.5. The van der Waals surface area contributed by atoms with Crippen molar-refractivity contribution in [3.63, 3.8) is 0 Å². The number of nitrogens with zero attached hydrogens (tertiary/aromatic N) is 1. The van der Waals surface area contributed by atoms with E-state index in [0.717, 1.165) is 0 Å². The minimum absolute atomic E-state index is 0.0476. The highest BCUT2D eigenvalue weighted by Crippen LogP contribution is 2.08. The van der Waals surface area contributed by atoms with Crippen molar-refractivity contribution in [2.24, 2.45) is 17.8 Å². The second-order valence-electron chi connectivity index (χ2n) is 7.71. The Morgan fingerprint density at radius 1 is 0.897 bits per heavy atom. The smallest absolute Gasteiger partial charge is 0.303 e. The summed E-state index contributed by atoms with van der Waals surface area (Å²) in [6, 6.07) is 0. The van der Waals surface area contributed by atoms with Crippen molar-refractivity contribution in [1.82, 2.24) is 15.5 Å². The largest absolute Gasteiger partial charge is 0.481 e. The zero-order valence-corrected chi connectivity index (χ0v) is 18.1. The SMILES string of the molecule is CC(=O)NC[C@@H](CCC(=O)O)C(=O)NCCN(CCC(=O)C(C)C)C(=O)C(C)C. The Morgan fingerprint density at radius 3 is 2.00 bits per heavy atom. The van der Waals surface area contributed by atoms with Crippen LogP contribution in [0.25, 0.3) is 0 Å². The number of amides is 3. The van der Waals surface area contributed by atoms with Gasteiger partial charge in [-0.3, -0.25) is 24.0 Å². The zero-order valence-electron chi connectivity index (χ0n) is 18.1. The normalized spacial score (nSPS) is 11.8. The van der Waals surface area contributed by atoms with Crippen LogP contribution in [0.3, 0.4) is 0 Å². The van der Waals surface area contributed by atoms with E-state index in [1.807, 2.05) is 13.8 Å². The van der Waals surface area contributed by atoms with Crippen LogP contribution in [0.2, 0.25) is 0 Å². The van der Waals surface area contributed by atoms with Gasteiger partial charge in [0.1, 0.15) is 5.78 Å². The van der Waals surface area contributed by atoms with E-state index >= 15 is 0 Å². The zero-order chi connectivity index (χ0) is 22.6. The number of carbonyl (C=O) groups excluding carboxylic acids is 4. The molecular weight excluding hydrogens is 378 g/mol. The van der Waals surface area contributed by atoms with E-state index in [1.54, 1.807) is 18.7 Å². The van der Waals surface area contributed by atoms with Gasteiger partial charge in [0.2, 0.25) is 17.7 Å². The maximum atomic E-state index is 12.4. The van der Waals surface area contributed by atoms with E-state index in [1.165, 1.54) is 6.92 Å². The summed E-state index contributed by atoms with van der Waals surface area (Å²) in [6.07, 6.45) is 0.166. The van der Waals surface area contributed by atoms with E-state index in [4.69, 9.17) is 5.11 Å². The lowest BCUT2D eigenvalue weighted by atomic mass is 10.0. The van der Waals surface area contributed by atoms with E-state index in [-0.39, 0.29) is 80.8 Å². The summed E-state index contributed by atoms with van der Waals surface area (Å²) in [5.74, 6) is -2.74. The first-order valence-electron chi connectivity index (χ1n) is 10.0. The van der Waals surface area contributed by atoms with Crippen molar-refractivity contribution < 1.29 is 29.1 Å². The van der Waals surface area contributed by atoms with Crippen molar-refractivity contribution in [3.05, 3.63) is 0 Å². The van der Waals surface area contributed by atoms with Gasteiger partial charge in [0.25, 0.3) is 0 Å². The molecule has 0 bridgehead atoms. The molecule has 9 heteroatoms. The monoisotopic (exact) mass is 413 g/mol. The first kappa shape index (κ1) is 26.6. The van der Waals surface area contributed by atoms with Crippen LogP contribution in [0, 0.1) is 17.8 Å². The third-order valence-electron chi connectivity index (χ3n) is 4.43. The lowest BCUT2D eigenvalue weighted by Gasteiger charge is -2.25. The van der Waals surface area contributed by atoms with Gasteiger partial charge in [-0.2, -0.15) is 0 Å². The van der Waals surface area contributed by atoms with Crippen molar-refractivity contribution in [1.29, 1.82) is 0 Å². The van der Waals surface area contributed by atoms with Crippen LogP contribution in [-0.4, -0.2) is 65.7 Å². The van der Waals surface area contributed by atoms with Crippen molar-refractivity contribution in [2.75, 3.05) is 26.2 Å². The van der Waals surface area contributed by atoms with E-state index in [0.29, 0.717) is 0 Å². The van der Waals surface area contributed by atoms with E-state index in [2.05, 4.69) is 10.6 Å². The molecule has 0 aliphatic carbocycles. The number of hydrogen-bond donors (Lipinski definition) is 3. The third kappa shape index (κ3) is 11.9. The average Bonchev–Trinajstić information content (AvgIpc) is 2.62. The standard InChI is InChI=1S/C20H35N3O6/c1-13(2)17(25)8-10-23(20(29)14(3)4)11-9-21-19(28)16(6-7-18(26)27)12-22-15(5)24/h13-14,16H,6-12H2,1-5H3,(H,21,28)(H,22,24)(H,26,27)/t16-/m1/s1. The van der Waals surface area contributed by atoms with Crippen LogP contribution in [0.15, 0.2) is 0 Å². The molecule has 0 saturated heterocycles. The van der Waals surface area contributed by atoms with Gasteiger partial charge in [-0.05, 0) is 6.42 Å². The predicted molar refractivity (Wildman–Crippen MR) is 108 cm³/mol. The highest BCUT2D eigenvalue weighted by molar-refractivity contribution is 5.83. The number of rotatable bonds is 14. The van der Waals surface area contributed by atoms with Gasteiger partial charge < -0.3 is 20.6 Å². The number of ketones is 1. The molecule has 3 N–H and O–H groups in total. The number of aliphatic carboxylic acids is 1. The lowest BCUT2D eigenvalue weighted by Crippen LogP contribution is -2.44. The molecule has 0 aliphatic heterocycles. The Bertz CT molecular complexity index is 571. The Kier molecular flexibility index (Phi) is 12.5. The minimum atomic E-state index is -1.02. The fraction of sp³-hybridized carbons (Fsp3) is 0.750. The molecule has 29 heavy (non-hydrogen) atoms. The van der Waals surface area contributed by atoms with Gasteiger partial charge in [0.15, 0.2) is 0 Å². The van der Waals surface area contributed by atoms with Gasteiger partial charge in [0, 0.05) is 57.8 Å². The van der Waals surface area contributed by atoms with Gasteiger partial charge in [0.05, 0.1) is 5.92 Å². The summed E-state index contributed by atoms with van der Waals surface area (Å²) in [5, 5.41) is 14.1. The molecule has 0 aromatic rings. The number of Topliss-reactive ketones (excluding diaryl/α,β-unsaturated/α-hetero) is 1. The molecule has 0 spiro atoms. The van der Waals surface area contributed by atoms with E-state index < -0.39 is 11.9 Å². The van der Waals surface area contributed by atoms with Gasteiger partial charge in [-0.25, -0.2) is 0 Å². The molecule has 0 saturated carbocycles. The third-order valence-corrected chi connectivity index (χ3v) is 4.43. The van der Waals surface area contributed by atoms with Crippen molar-refractivity contribution in [3.8, 4) is 0 Å². The Labute approximate surface area is 172 Å². The summed E-state index contributed by atoms with van der Waals surface area (Å²) < 4.78 is 0. The number of carboxylic acid groups (broad SMARTS) is 1. The maximum absolute atomic E-state index is 12.4. The summed E-state index contributed by atoms with van der Waals surface area (Å²) in [7, 11) is 0. The van der Waals surface area contributed by atoms with Crippen LogP contribution in [0.5, 0.6) is 0 Å². The first-order valence-corrected chi connectivity index (χ1v) is 10.0. The molecule has 0 radical (unpaired) electrons. The molecule has 0 heterocycles. The summed E-state index contributed by atoms with van der Waals surface area (Å²) in [4.78, 5) is 60.1. The molecule has 0 aromatic heterocycles. The summed E-state index contributed by atoms with van der Waals surface area (Å²) in [6.45, 7) is 9.25. The lowest BCUT2D eigenvalue weighted by molar-refractivity contribution is -0.138. The summed E-state index contributed by atoms with van der Waals surface area (Å²) in [5.41, 5.74) is 0. The van der Waals surface area contributed by atoms with Gasteiger partial charge in [-0.15, -0.1) is 0 Å². The van der Waals surface area contributed by atoms with Gasteiger partial charge in [-0.1, -0.05) is 27.7 Å². The fourth-order valence-electron chi connectivity index (χ4n) is 2.58. The highest BCUT2D eigenvalue weighted by Gasteiger charge is 2.22. The average molecular weight is 414 g/mol. The Morgan fingerprint density at radius 2 is 1.52 bits per heavy atom. The number of carboxylic acids is 1. The summed E-state index contributed by atoms with van der Waals surface area (Å²) >= 11 is 0. The van der Waals surface area contributed by atoms with Crippen LogP contribution in [-0.2, 0) is 24.0 Å². The number of nitrogens with one attached hydrogen (secondary N) is 2. The fourth-order valence-corrected chi connectivity index (χ4v) is 2.58. The molecule has 166 valence electrons. The second-order valence-corrected chi connectivity index (χ2v) is 7.71. The molecule has 0 aromatic carbocycles. The van der Waals surface area contributed by atoms with Crippen LogP contribution in [0.4, 0.5) is 0 Å². The van der Waals surface area contributed by atoms with Crippen molar-refractivity contribution >= 4 is 29.5 Å². The Balaban J connectivity index is 4.79. The number of hydrogen-bond acceptors (Lipinski definition) is 5. The molecule has 0 unspecified atom stereocenters. The second kappa shape index (κ2) is 13.7. The van der Waals surface area contributed by atoms with Crippen molar-refractivity contribution in [2.45, 2.75) is 53.9 Å². The van der Waals surface area contributed by atoms with Gasteiger partial charge >= 0.3 is 5.97 Å². The Hall–Kier alpha value is -2.45. The maximum Gasteiger partial charge on any atom is 0.303 e. The minimum Gasteiger partial charge on any atom is -0.481 e. The topological polar surface area (TPSA) is 133 Å². The molecule has 0 rings (SSSR count). The molecule has 3 amide bonds.